The average Bonchev–Trinajstić information content (AvgIpc) is 2.66. The molecule has 0 aliphatic rings. The number of ether oxygens (including phenoxy) is 1. The highest BCUT2D eigenvalue weighted by Gasteiger charge is 2.32. The molecule has 0 fully saturated rings. The molecule has 1 aromatic carbocycles. The van der Waals surface area contributed by atoms with E-state index in [4.69, 9.17) is 4.74 Å². The molecule has 134 valence electrons. The van der Waals surface area contributed by atoms with Crippen LogP contribution >= 0.6 is 11.8 Å². The Kier molecular flexibility index (Phi) is 5.72. The van der Waals surface area contributed by atoms with E-state index in [2.05, 4.69) is 15.0 Å². The van der Waals surface area contributed by atoms with Crippen LogP contribution in [0, 0.1) is 0 Å². The standard InChI is InChI=1S/C18H14F3N3OS/c19-18(20,21)16-8-10-23-17(24-16)26-12-13-4-6-15(7-5-13)25-11-14-3-1-2-9-22-14/h1-10H,11-12H2. The molecule has 0 aliphatic heterocycles. The number of benzene rings is 1. The lowest BCUT2D eigenvalue weighted by molar-refractivity contribution is -0.141. The monoisotopic (exact) mass is 377 g/mol. The number of rotatable bonds is 6. The summed E-state index contributed by atoms with van der Waals surface area (Å²) >= 11 is 1.15. The second kappa shape index (κ2) is 8.18. The molecule has 2 heterocycles. The summed E-state index contributed by atoms with van der Waals surface area (Å²) in [4.78, 5) is 11.6. The van der Waals surface area contributed by atoms with Crippen LogP contribution in [0.3, 0.4) is 0 Å². The van der Waals surface area contributed by atoms with Gasteiger partial charge in [-0.1, -0.05) is 30.0 Å². The summed E-state index contributed by atoms with van der Waals surface area (Å²) in [5, 5.41) is 0.0929. The molecule has 26 heavy (non-hydrogen) atoms. The van der Waals surface area contributed by atoms with Gasteiger partial charge in [-0.3, -0.25) is 4.98 Å². The number of thioether (sulfide) groups is 1. The molecule has 0 bridgehead atoms. The van der Waals surface area contributed by atoms with Crippen LogP contribution in [0.2, 0.25) is 0 Å². The Hall–Kier alpha value is -2.61. The summed E-state index contributed by atoms with van der Waals surface area (Å²) in [6.45, 7) is 0.368. The van der Waals surface area contributed by atoms with Crippen molar-refractivity contribution >= 4 is 11.8 Å². The molecule has 8 heteroatoms. The Morgan fingerprint density at radius 3 is 2.42 bits per heavy atom. The van der Waals surface area contributed by atoms with Gasteiger partial charge in [0.2, 0.25) is 0 Å². The van der Waals surface area contributed by atoms with Gasteiger partial charge in [0.1, 0.15) is 18.1 Å². The Labute approximate surface area is 152 Å². The van der Waals surface area contributed by atoms with Gasteiger partial charge >= 0.3 is 6.18 Å². The van der Waals surface area contributed by atoms with E-state index in [0.717, 1.165) is 35.3 Å². The first-order valence-electron chi connectivity index (χ1n) is 7.65. The zero-order valence-corrected chi connectivity index (χ0v) is 14.3. The van der Waals surface area contributed by atoms with Crippen molar-refractivity contribution in [3.63, 3.8) is 0 Å². The van der Waals surface area contributed by atoms with Gasteiger partial charge in [-0.2, -0.15) is 13.2 Å². The quantitative estimate of drug-likeness (QED) is 0.458. The van der Waals surface area contributed by atoms with Crippen LogP contribution in [-0.2, 0) is 18.5 Å². The van der Waals surface area contributed by atoms with E-state index < -0.39 is 11.9 Å². The van der Waals surface area contributed by atoms with Crippen LogP contribution in [0.4, 0.5) is 13.2 Å². The van der Waals surface area contributed by atoms with E-state index in [1.54, 1.807) is 6.20 Å². The molecule has 3 aromatic rings. The van der Waals surface area contributed by atoms with Gasteiger partial charge in [0, 0.05) is 18.1 Å². The lowest BCUT2D eigenvalue weighted by Crippen LogP contribution is -2.08. The van der Waals surface area contributed by atoms with Gasteiger partial charge in [-0.25, -0.2) is 9.97 Å². The minimum absolute atomic E-state index is 0.0929. The van der Waals surface area contributed by atoms with Gasteiger partial charge in [0.25, 0.3) is 0 Å². The third-order valence-corrected chi connectivity index (χ3v) is 4.26. The molecule has 0 saturated carbocycles. The minimum Gasteiger partial charge on any atom is -0.487 e. The average molecular weight is 377 g/mol. The van der Waals surface area contributed by atoms with Crippen molar-refractivity contribution in [2.45, 2.75) is 23.7 Å². The first-order valence-corrected chi connectivity index (χ1v) is 8.64. The maximum Gasteiger partial charge on any atom is 0.433 e. The van der Waals surface area contributed by atoms with Crippen LogP contribution < -0.4 is 4.74 Å². The fourth-order valence-corrected chi connectivity index (χ4v) is 2.83. The molecule has 0 amide bonds. The van der Waals surface area contributed by atoms with Crippen LogP contribution in [-0.4, -0.2) is 15.0 Å². The number of alkyl halides is 3. The zero-order valence-electron chi connectivity index (χ0n) is 13.5. The normalized spacial score (nSPS) is 11.3. The van der Waals surface area contributed by atoms with Crippen molar-refractivity contribution < 1.29 is 17.9 Å². The van der Waals surface area contributed by atoms with Gasteiger partial charge in [0.15, 0.2) is 5.16 Å². The fraction of sp³-hybridized carbons (Fsp3) is 0.167. The van der Waals surface area contributed by atoms with E-state index in [0.29, 0.717) is 18.1 Å². The highest BCUT2D eigenvalue weighted by atomic mass is 32.2. The molecule has 0 atom stereocenters. The molecule has 4 nitrogen and oxygen atoms in total. The largest absolute Gasteiger partial charge is 0.487 e. The van der Waals surface area contributed by atoms with E-state index in [1.165, 1.54) is 0 Å². The van der Waals surface area contributed by atoms with Gasteiger partial charge in [-0.05, 0) is 35.9 Å². The minimum atomic E-state index is -4.47. The summed E-state index contributed by atoms with van der Waals surface area (Å²) in [5.74, 6) is 1.15. The summed E-state index contributed by atoms with van der Waals surface area (Å²) in [7, 11) is 0. The maximum atomic E-state index is 12.7. The summed E-state index contributed by atoms with van der Waals surface area (Å²) < 4.78 is 43.6. The zero-order chi connectivity index (χ0) is 18.4. The summed E-state index contributed by atoms with van der Waals surface area (Å²) in [6.07, 6.45) is -1.65. The highest BCUT2D eigenvalue weighted by molar-refractivity contribution is 7.98. The number of nitrogens with zero attached hydrogens (tertiary/aromatic N) is 3. The number of aromatic nitrogens is 3. The van der Waals surface area contributed by atoms with E-state index in [1.807, 2.05) is 42.5 Å². The lowest BCUT2D eigenvalue weighted by atomic mass is 10.2. The van der Waals surface area contributed by atoms with Crippen LogP contribution in [0.25, 0.3) is 0 Å². The Morgan fingerprint density at radius 2 is 1.73 bits per heavy atom. The number of halogens is 3. The maximum absolute atomic E-state index is 12.7. The third kappa shape index (κ3) is 5.19. The Bertz CT molecular complexity index is 842. The summed E-state index contributed by atoms with van der Waals surface area (Å²) in [5.41, 5.74) is 0.822. The molecule has 0 aliphatic carbocycles. The Balaban J connectivity index is 1.55. The molecule has 0 unspecified atom stereocenters. The van der Waals surface area contributed by atoms with Crippen LogP contribution in [0.5, 0.6) is 5.75 Å². The van der Waals surface area contributed by atoms with Crippen LogP contribution in [0.15, 0.2) is 66.1 Å². The van der Waals surface area contributed by atoms with Gasteiger partial charge < -0.3 is 4.74 Å². The van der Waals surface area contributed by atoms with Crippen molar-refractivity contribution in [1.29, 1.82) is 0 Å². The fourth-order valence-electron chi connectivity index (χ4n) is 2.04. The molecule has 0 spiro atoms. The van der Waals surface area contributed by atoms with Crippen molar-refractivity contribution in [3.8, 4) is 5.75 Å². The molecule has 0 saturated heterocycles. The highest BCUT2D eigenvalue weighted by Crippen LogP contribution is 2.29. The van der Waals surface area contributed by atoms with E-state index in [9.17, 15) is 13.2 Å². The molecular weight excluding hydrogens is 363 g/mol. The smallest absolute Gasteiger partial charge is 0.433 e. The van der Waals surface area contributed by atoms with Gasteiger partial charge in [0.05, 0.1) is 5.69 Å². The van der Waals surface area contributed by atoms with Crippen LogP contribution in [0.1, 0.15) is 17.0 Å². The van der Waals surface area contributed by atoms with Crippen molar-refractivity contribution in [1.82, 2.24) is 15.0 Å². The third-order valence-electron chi connectivity index (χ3n) is 3.33. The van der Waals surface area contributed by atoms with Crippen molar-refractivity contribution in [2.75, 3.05) is 0 Å². The van der Waals surface area contributed by atoms with Gasteiger partial charge in [-0.15, -0.1) is 0 Å². The van der Waals surface area contributed by atoms with E-state index in [-0.39, 0.29) is 5.16 Å². The topological polar surface area (TPSA) is 47.9 Å². The first-order chi connectivity index (χ1) is 12.5. The molecule has 0 N–H and O–H groups in total. The summed E-state index contributed by atoms with van der Waals surface area (Å²) in [6, 6.07) is 13.8. The molecule has 2 aromatic heterocycles. The number of pyridine rings is 1. The molecule has 3 rings (SSSR count). The SMILES string of the molecule is FC(F)(F)c1ccnc(SCc2ccc(OCc3ccccn3)cc2)n1. The predicted molar refractivity (Wildman–Crippen MR) is 91.6 cm³/mol. The molecular formula is C18H14F3N3OS. The lowest BCUT2D eigenvalue weighted by Gasteiger charge is -2.08. The number of hydrogen-bond donors (Lipinski definition) is 0. The van der Waals surface area contributed by atoms with Crippen molar-refractivity contribution in [2.24, 2.45) is 0 Å². The first kappa shape index (κ1) is 18.2. The second-order valence-electron chi connectivity index (χ2n) is 5.26. The number of hydrogen-bond acceptors (Lipinski definition) is 5. The van der Waals surface area contributed by atoms with Crippen molar-refractivity contribution in [3.05, 3.63) is 77.9 Å². The van der Waals surface area contributed by atoms with E-state index >= 15 is 0 Å². The Morgan fingerprint density at radius 1 is 0.923 bits per heavy atom. The second-order valence-corrected chi connectivity index (χ2v) is 6.21. The predicted octanol–water partition coefficient (Wildman–Crippen LogP) is 4.76. The molecule has 0 radical (unpaired) electrons.